The quantitative estimate of drug-likeness (QED) is 0.694. The zero-order chi connectivity index (χ0) is 20.5. The third-order valence-electron chi connectivity index (χ3n) is 3.92. The van der Waals surface area contributed by atoms with Crippen molar-refractivity contribution in [3.05, 3.63) is 59.3 Å². The van der Waals surface area contributed by atoms with Crippen molar-refractivity contribution < 1.29 is 21.6 Å². The third-order valence-corrected chi connectivity index (χ3v) is 4.89. The molecule has 0 spiro atoms. The van der Waals surface area contributed by atoms with Crippen molar-refractivity contribution in [3.8, 4) is 5.82 Å². The fourth-order valence-corrected chi connectivity index (χ4v) is 3.05. The van der Waals surface area contributed by atoms with Crippen LogP contribution >= 0.6 is 0 Å². The summed E-state index contributed by atoms with van der Waals surface area (Å²) in [5.41, 5.74) is -0.295. The van der Waals surface area contributed by atoms with Crippen LogP contribution in [-0.4, -0.2) is 34.7 Å². The van der Waals surface area contributed by atoms with E-state index in [2.05, 4.69) is 20.6 Å². The van der Waals surface area contributed by atoms with Gasteiger partial charge in [0.05, 0.1) is 0 Å². The van der Waals surface area contributed by atoms with Gasteiger partial charge in [0.15, 0.2) is 26.4 Å². The van der Waals surface area contributed by atoms with Crippen molar-refractivity contribution in [1.82, 2.24) is 20.0 Å². The first-order valence-corrected chi connectivity index (χ1v) is 9.95. The Kier molecular flexibility index (Phi) is 5.11. The Hall–Kier alpha value is -2.95. The average molecular weight is 411 g/mol. The second kappa shape index (κ2) is 7.23. The number of rotatable bonds is 5. The van der Waals surface area contributed by atoms with Crippen LogP contribution in [-0.2, 0) is 22.6 Å². The molecule has 28 heavy (non-hydrogen) atoms. The molecule has 1 aromatic carbocycles. The van der Waals surface area contributed by atoms with Crippen LogP contribution in [0, 0.1) is 6.92 Å². The van der Waals surface area contributed by atoms with E-state index in [0.717, 1.165) is 16.5 Å². The minimum Gasteiger partial charge on any atom is -0.366 e. The van der Waals surface area contributed by atoms with E-state index in [1.807, 2.05) is 30.3 Å². The van der Waals surface area contributed by atoms with Crippen LogP contribution in [0.1, 0.15) is 16.8 Å². The normalized spacial score (nSPS) is 12.2. The van der Waals surface area contributed by atoms with Gasteiger partial charge in [0.25, 0.3) is 0 Å². The van der Waals surface area contributed by atoms with E-state index >= 15 is 0 Å². The largest absolute Gasteiger partial charge is 0.435 e. The van der Waals surface area contributed by atoms with Gasteiger partial charge >= 0.3 is 6.18 Å². The number of sulfone groups is 1. The van der Waals surface area contributed by atoms with Gasteiger partial charge in [0, 0.05) is 18.4 Å². The van der Waals surface area contributed by atoms with Gasteiger partial charge in [0.1, 0.15) is 5.82 Å². The van der Waals surface area contributed by atoms with Gasteiger partial charge in [-0.25, -0.2) is 8.42 Å². The van der Waals surface area contributed by atoms with E-state index in [9.17, 15) is 21.6 Å². The van der Waals surface area contributed by atoms with Gasteiger partial charge in [-0.3, -0.25) is 0 Å². The number of benzene rings is 1. The van der Waals surface area contributed by atoms with Crippen LogP contribution in [0.3, 0.4) is 0 Å². The number of alkyl halides is 3. The standard InChI is InChI=1S/C17H16F3N5O2S/c1-11-15(17(18,19)20)24-25(13-8-9-14(23-22-13)28(2,26)27)16(11)21-10-12-6-4-3-5-7-12/h3-9,21H,10H2,1-2H3. The molecule has 0 saturated carbocycles. The highest BCUT2D eigenvalue weighted by molar-refractivity contribution is 7.90. The molecular weight excluding hydrogens is 395 g/mol. The van der Waals surface area contributed by atoms with Gasteiger partial charge in [-0.2, -0.15) is 23.0 Å². The smallest absolute Gasteiger partial charge is 0.366 e. The summed E-state index contributed by atoms with van der Waals surface area (Å²) < 4.78 is 64.0. The maximum Gasteiger partial charge on any atom is 0.435 e. The van der Waals surface area contributed by atoms with Crippen molar-refractivity contribution in [3.63, 3.8) is 0 Å². The molecule has 0 unspecified atom stereocenters. The Balaban J connectivity index is 2.03. The number of hydrogen-bond donors (Lipinski definition) is 1. The fourth-order valence-electron chi connectivity index (χ4n) is 2.54. The summed E-state index contributed by atoms with van der Waals surface area (Å²) >= 11 is 0. The van der Waals surface area contributed by atoms with Gasteiger partial charge in [-0.05, 0) is 24.6 Å². The average Bonchev–Trinajstić information content (AvgIpc) is 2.97. The minimum atomic E-state index is -4.65. The molecule has 0 amide bonds. The first-order valence-electron chi connectivity index (χ1n) is 8.06. The highest BCUT2D eigenvalue weighted by Crippen LogP contribution is 2.35. The van der Waals surface area contributed by atoms with E-state index in [0.29, 0.717) is 0 Å². The molecule has 0 fully saturated rings. The molecule has 0 radical (unpaired) electrons. The van der Waals surface area contributed by atoms with E-state index in [-0.39, 0.29) is 28.8 Å². The predicted octanol–water partition coefficient (Wildman–Crippen LogP) is 3.01. The van der Waals surface area contributed by atoms with Crippen molar-refractivity contribution in [2.75, 3.05) is 11.6 Å². The number of halogens is 3. The molecule has 0 saturated heterocycles. The Bertz CT molecular complexity index is 1080. The number of nitrogens with zero attached hydrogens (tertiary/aromatic N) is 4. The van der Waals surface area contributed by atoms with E-state index < -0.39 is 21.7 Å². The lowest BCUT2D eigenvalue weighted by atomic mass is 10.2. The Morgan fingerprint density at radius 1 is 1.07 bits per heavy atom. The molecule has 0 bridgehead atoms. The molecule has 7 nitrogen and oxygen atoms in total. The first kappa shape index (κ1) is 19.8. The van der Waals surface area contributed by atoms with E-state index in [4.69, 9.17) is 0 Å². The molecule has 3 rings (SSSR count). The van der Waals surface area contributed by atoms with Crippen LogP contribution in [0.4, 0.5) is 19.0 Å². The summed E-state index contributed by atoms with van der Waals surface area (Å²) in [7, 11) is -3.58. The lowest BCUT2D eigenvalue weighted by Gasteiger charge is -2.10. The minimum absolute atomic E-state index is 0.0402. The summed E-state index contributed by atoms with van der Waals surface area (Å²) in [6, 6.07) is 11.5. The lowest BCUT2D eigenvalue weighted by Crippen LogP contribution is -2.11. The van der Waals surface area contributed by atoms with E-state index in [1.165, 1.54) is 19.1 Å². The number of aromatic nitrogens is 4. The number of nitrogens with one attached hydrogen (secondary N) is 1. The highest BCUT2D eigenvalue weighted by atomic mass is 32.2. The molecule has 148 valence electrons. The highest BCUT2D eigenvalue weighted by Gasteiger charge is 2.38. The Labute approximate surface area is 159 Å². The number of hydrogen-bond acceptors (Lipinski definition) is 6. The zero-order valence-electron chi connectivity index (χ0n) is 14.9. The SMILES string of the molecule is Cc1c(C(F)(F)F)nn(-c2ccc(S(C)(=O)=O)nn2)c1NCc1ccccc1. The van der Waals surface area contributed by atoms with Crippen LogP contribution in [0.15, 0.2) is 47.5 Å². The van der Waals surface area contributed by atoms with Crippen molar-refractivity contribution >= 4 is 15.7 Å². The first-order chi connectivity index (χ1) is 13.1. The summed E-state index contributed by atoms with van der Waals surface area (Å²) in [4.78, 5) is 0. The van der Waals surface area contributed by atoms with Crippen molar-refractivity contribution in [2.24, 2.45) is 0 Å². The molecule has 0 aliphatic heterocycles. The third kappa shape index (κ3) is 4.14. The molecule has 1 N–H and O–H groups in total. The molecule has 2 heterocycles. The van der Waals surface area contributed by atoms with Crippen LogP contribution < -0.4 is 5.32 Å². The van der Waals surface area contributed by atoms with Gasteiger partial charge in [-0.15, -0.1) is 10.2 Å². The van der Waals surface area contributed by atoms with E-state index in [1.54, 1.807) is 0 Å². The molecule has 3 aromatic rings. The molecule has 2 aromatic heterocycles. The summed E-state index contributed by atoms with van der Waals surface area (Å²) in [6.07, 6.45) is -3.69. The summed E-state index contributed by atoms with van der Waals surface area (Å²) in [5.74, 6) is 0.0548. The lowest BCUT2D eigenvalue weighted by molar-refractivity contribution is -0.141. The topological polar surface area (TPSA) is 89.8 Å². The monoisotopic (exact) mass is 411 g/mol. The van der Waals surface area contributed by atoms with Crippen LogP contribution in [0.25, 0.3) is 5.82 Å². The fraction of sp³-hybridized carbons (Fsp3) is 0.235. The van der Waals surface area contributed by atoms with Gasteiger partial charge < -0.3 is 5.32 Å². The predicted molar refractivity (Wildman–Crippen MR) is 95.8 cm³/mol. The molecule has 0 aliphatic carbocycles. The van der Waals surface area contributed by atoms with Gasteiger partial charge in [-0.1, -0.05) is 30.3 Å². The second-order valence-corrected chi connectivity index (χ2v) is 8.04. The number of anilines is 1. The molecule has 0 atom stereocenters. The maximum atomic E-state index is 13.3. The van der Waals surface area contributed by atoms with Crippen molar-refractivity contribution in [1.29, 1.82) is 0 Å². The maximum absolute atomic E-state index is 13.3. The Morgan fingerprint density at radius 3 is 2.29 bits per heavy atom. The molecule has 0 aliphatic rings. The Morgan fingerprint density at radius 2 is 1.75 bits per heavy atom. The van der Waals surface area contributed by atoms with Gasteiger partial charge in [0.2, 0.25) is 0 Å². The van der Waals surface area contributed by atoms with Crippen LogP contribution in [0.2, 0.25) is 0 Å². The van der Waals surface area contributed by atoms with Crippen LogP contribution in [0.5, 0.6) is 0 Å². The zero-order valence-corrected chi connectivity index (χ0v) is 15.7. The summed E-state index contributed by atoms with van der Waals surface area (Å²) in [6.45, 7) is 1.57. The van der Waals surface area contributed by atoms with Crippen molar-refractivity contribution in [2.45, 2.75) is 24.7 Å². The molecule has 11 heteroatoms. The summed E-state index contributed by atoms with van der Waals surface area (Å²) in [5, 5.41) is 13.6. The molecular formula is C17H16F3N5O2S. The second-order valence-electron chi connectivity index (χ2n) is 6.07.